The van der Waals surface area contributed by atoms with E-state index in [-0.39, 0.29) is 17.2 Å². The summed E-state index contributed by atoms with van der Waals surface area (Å²) in [7, 11) is 2.54. The number of anilines is 2. The Kier molecular flexibility index (Phi) is 8.20. The first kappa shape index (κ1) is 25.5. The molecule has 190 valence electrons. The van der Waals surface area contributed by atoms with E-state index in [9.17, 15) is 14.4 Å². The average molecular weight is 500 g/mol. The molecule has 0 bridgehead atoms. The van der Waals surface area contributed by atoms with Gasteiger partial charge in [-0.25, -0.2) is 9.59 Å². The first-order chi connectivity index (χ1) is 18.0. The number of esters is 2. The lowest BCUT2D eigenvalue weighted by atomic mass is 10.1. The van der Waals surface area contributed by atoms with Crippen molar-refractivity contribution in [2.24, 2.45) is 0 Å². The standard InChI is InChI=1S/C29H29N3O5/c1-36-28(34)25-10-6-7-17-32(27(25)29(35)37-2)24-14-12-23(13-15-24)30-18-20-31(21-19-30)26(33)16-11-22-8-4-3-5-9-22/h3-17H,18-21H2,1-2H3. The predicted molar refractivity (Wildman–Crippen MR) is 143 cm³/mol. The Bertz CT molecular complexity index is 1250. The van der Waals surface area contributed by atoms with Crippen LogP contribution < -0.4 is 9.80 Å². The topological polar surface area (TPSA) is 79.4 Å². The molecule has 2 aromatic rings. The molecule has 2 aliphatic rings. The molecule has 2 aliphatic heterocycles. The zero-order valence-corrected chi connectivity index (χ0v) is 20.9. The van der Waals surface area contributed by atoms with Crippen LogP contribution in [0.25, 0.3) is 6.08 Å². The van der Waals surface area contributed by atoms with Gasteiger partial charge in [0.05, 0.1) is 19.8 Å². The number of piperazine rings is 1. The van der Waals surface area contributed by atoms with Crippen LogP contribution in [0, 0.1) is 0 Å². The van der Waals surface area contributed by atoms with Gasteiger partial charge in [-0.15, -0.1) is 0 Å². The number of hydrogen-bond acceptors (Lipinski definition) is 7. The summed E-state index contributed by atoms with van der Waals surface area (Å²) in [5.41, 5.74) is 2.86. The third-order valence-corrected chi connectivity index (χ3v) is 6.19. The van der Waals surface area contributed by atoms with Gasteiger partial charge in [-0.05, 0) is 48.1 Å². The molecular weight excluding hydrogens is 470 g/mol. The van der Waals surface area contributed by atoms with Crippen LogP contribution in [0.3, 0.4) is 0 Å². The average Bonchev–Trinajstić information content (AvgIpc) is 3.19. The van der Waals surface area contributed by atoms with Gasteiger partial charge < -0.3 is 24.2 Å². The molecular formula is C29H29N3O5. The maximum Gasteiger partial charge on any atom is 0.355 e. The van der Waals surface area contributed by atoms with Crippen molar-refractivity contribution in [3.8, 4) is 0 Å². The first-order valence-electron chi connectivity index (χ1n) is 11.9. The van der Waals surface area contributed by atoms with Crippen molar-refractivity contribution in [3.05, 3.63) is 102 Å². The van der Waals surface area contributed by atoms with E-state index in [4.69, 9.17) is 9.47 Å². The van der Waals surface area contributed by atoms with E-state index in [0.29, 0.717) is 31.9 Å². The first-order valence-corrected chi connectivity index (χ1v) is 11.9. The van der Waals surface area contributed by atoms with Gasteiger partial charge in [0.2, 0.25) is 5.91 Å². The zero-order chi connectivity index (χ0) is 26.2. The van der Waals surface area contributed by atoms with Crippen molar-refractivity contribution < 1.29 is 23.9 Å². The normalized spacial score (nSPS) is 15.7. The van der Waals surface area contributed by atoms with E-state index < -0.39 is 11.9 Å². The molecule has 2 aromatic carbocycles. The number of amides is 1. The Morgan fingerprint density at radius 3 is 2.08 bits per heavy atom. The quantitative estimate of drug-likeness (QED) is 0.444. The van der Waals surface area contributed by atoms with Crippen molar-refractivity contribution in [3.63, 3.8) is 0 Å². The largest absolute Gasteiger partial charge is 0.465 e. The Hall–Kier alpha value is -4.59. The molecule has 0 aliphatic carbocycles. The fraction of sp³-hybridized carbons (Fsp3) is 0.207. The maximum atomic E-state index is 12.6. The molecule has 0 atom stereocenters. The van der Waals surface area contributed by atoms with Crippen LogP contribution in [0.2, 0.25) is 0 Å². The lowest BCUT2D eigenvalue weighted by Gasteiger charge is -2.36. The Morgan fingerprint density at radius 2 is 1.43 bits per heavy atom. The molecule has 37 heavy (non-hydrogen) atoms. The van der Waals surface area contributed by atoms with Crippen molar-refractivity contribution in [2.75, 3.05) is 50.2 Å². The minimum Gasteiger partial charge on any atom is -0.465 e. The second kappa shape index (κ2) is 11.9. The Balaban J connectivity index is 1.44. The second-order valence-electron chi connectivity index (χ2n) is 8.39. The molecule has 1 saturated heterocycles. The van der Waals surface area contributed by atoms with E-state index >= 15 is 0 Å². The number of carbonyl (C=O) groups is 3. The van der Waals surface area contributed by atoms with Crippen molar-refractivity contribution in [1.29, 1.82) is 0 Å². The Morgan fingerprint density at radius 1 is 0.784 bits per heavy atom. The number of ether oxygens (including phenoxy) is 2. The van der Waals surface area contributed by atoms with Gasteiger partial charge in [0.1, 0.15) is 5.70 Å². The molecule has 4 rings (SSSR count). The highest BCUT2D eigenvalue weighted by Crippen LogP contribution is 2.28. The number of hydrogen-bond donors (Lipinski definition) is 0. The fourth-order valence-corrected chi connectivity index (χ4v) is 4.21. The van der Waals surface area contributed by atoms with Crippen LogP contribution in [0.1, 0.15) is 5.56 Å². The number of carbonyl (C=O) groups excluding carboxylic acids is 3. The smallest absolute Gasteiger partial charge is 0.355 e. The van der Waals surface area contributed by atoms with Crippen molar-refractivity contribution in [1.82, 2.24) is 4.90 Å². The fourth-order valence-electron chi connectivity index (χ4n) is 4.21. The number of allylic oxidation sites excluding steroid dienone is 2. The van der Waals surface area contributed by atoms with E-state index in [1.165, 1.54) is 20.3 Å². The molecule has 0 aromatic heterocycles. The predicted octanol–water partition coefficient (Wildman–Crippen LogP) is 3.54. The summed E-state index contributed by atoms with van der Waals surface area (Å²) >= 11 is 0. The van der Waals surface area contributed by atoms with Gasteiger partial charge in [-0.1, -0.05) is 36.4 Å². The highest BCUT2D eigenvalue weighted by atomic mass is 16.5. The van der Waals surface area contributed by atoms with Gasteiger partial charge in [0.25, 0.3) is 0 Å². The van der Waals surface area contributed by atoms with E-state index in [0.717, 1.165) is 11.3 Å². The van der Waals surface area contributed by atoms with Crippen LogP contribution in [0.4, 0.5) is 11.4 Å². The SMILES string of the molecule is COC(=O)C1=C(C(=O)OC)N(c2ccc(N3CCN(C(=O)C=Cc4ccccc4)CC3)cc2)C=CC=C1. The summed E-state index contributed by atoms with van der Waals surface area (Å²) in [4.78, 5) is 43.2. The maximum absolute atomic E-state index is 12.6. The highest BCUT2D eigenvalue weighted by molar-refractivity contribution is 6.05. The summed E-state index contributed by atoms with van der Waals surface area (Å²) in [6.07, 6.45) is 10.1. The monoisotopic (exact) mass is 499 g/mol. The molecule has 1 fully saturated rings. The third kappa shape index (κ3) is 5.98. The minimum atomic E-state index is -0.650. The Labute approximate surface area is 216 Å². The van der Waals surface area contributed by atoms with Gasteiger partial charge in [0.15, 0.2) is 0 Å². The lowest BCUT2D eigenvalue weighted by molar-refractivity contribution is -0.139. The molecule has 0 saturated carbocycles. The third-order valence-electron chi connectivity index (χ3n) is 6.19. The van der Waals surface area contributed by atoms with Crippen LogP contribution >= 0.6 is 0 Å². The van der Waals surface area contributed by atoms with Crippen molar-refractivity contribution in [2.45, 2.75) is 0 Å². The van der Waals surface area contributed by atoms with Gasteiger partial charge >= 0.3 is 11.9 Å². The summed E-state index contributed by atoms with van der Waals surface area (Å²) < 4.78 is 9.82. The number of nitrogens with zero attached hydrogens (tertiary/aromatic N) is 3. The molecule has 0 spiro atoms. The molecule has 0 N–H and O–H groups in total. The summed E-state index contributed by atoms with van der Waals surface area (Å²) in [5.74, 6) is -1.28. The van der Waals surface area contributed by atoms with Crippen LogP contribution in [0.5, 0.6) is 0 Å². The van der Waals surface area contributed by atoms with Crippen LogP contribution in [0.15, 0.2) is 96.4 Å². The second-order valence-corrected chi connectivity index (χ2v) is 8.39. The van der Waals surface area contributed by atoms with Crippen LogP contribution in [-0.2, 0) is 23.9 Å². The van der Waals surface area contributed by atoms with Gasteiger partial charge in [-0.2, -0.15) is 0 Å². The number of methoxy groups -OCH3 is 2. The summed E-state index contributed by atoms with van der Waals surface area (Å²) in [5, 5.41) is 0. The summed E-state index contributed by atoms with van der Waals surface area (Å²) in [6, 6.07) is 17.4. The van der Waals surface area contributed by atoms with Gasteiger partial charge in [-0.3, -0.25) is 4.79 Å². The lowest BCUT2D eigenvalue weighted by Crippen LogP contribution is -2.48. The van der Waals surface area contributed by atoms with E-state index in [1.54, 1.807) is 29.3 Å². The van der Waals surface area contributed by atoms with Crippen LogP contribution in [-0.4, -0.2) is 63.1 Å². The molecule has 0 unspecified atom stereocenters. The minimum absolute atomic E-state index is 0.00366. The molecule has 2 heterocycles. The zero-order valence-electron chi connectivity index (χ0n) is 20.9. The molecule has 8 nitrogen and oxygen atoms in total. The molecule has 0 radical (unpaired) electrons. The van der Waals surface area contributed by atoms with E-state index in [2.05, 4.69) is 4.90 Å². The molecule has 1 amide bonds. The van der Waals surface area contributed by atoms with Gasteiger partial charge in [0, 0.05) is 49.8 Å². The number of benzene rings is 2. The number of rotatable bonds is 6. The van der Waals surface area contributed by atoms with E-state index in [1.807, 2.05) is 65.6 Å². The molecule has 8 heteroatoms. The summed E-state index contributed by atoms with van der Waals surface area (Å²) in [6.45, 7) is 2.66. The van der Waals surface area contributed by atoms with Crippen molar-refractivity contribution >= 4 is 35.3 Å². The highest BCUT2D eigenvalue weighted by Gasteiger charge is 2.27.